The van der Waals surface area contributed by atoms with Crippen LogP contribution in [0.5, 0.6) is 5.88 Å². The summed E-state index contributed by atoms with van der Waals surface area (Å²) in [7, 11) is 3.49. The molecule has 2 atom stereocenters. The third-order valence-electron chi connectivity index (χ3n) is 5.46. The van der Waals surface area contributed by atoms with E-state index in [1.54, 1.807) is 16.7 Å². The highest BCUT2D eigenvalue weighted by atomic mass is 16.5. The molecule has 7 heteroatoms. The second-order valence-corrected chi connectivity index (χ2v) is 7.04. The van der Waals surface area contributed by atoms with Gasteiger partial charge in [-0.2, -0.15) is 5.10 Å². The third-order valence-corrected chi connectivity index (χ3v) is 5.46. The quantitative estimate of drug-likeness (QED) is 0.832. The molecule has 1 aromatic heterocycles. The number of piperidine rings is 1. The van der Waals surface area contributed by atoms with Gasteiger partial charge in [0.2, 0.25) is 17.7 Å². The molecular formula is C18H28N4O3. The summed E-state index contributed by atoms with van der Waals surface area (Å²) in [5.41, 5.74) is 1.89. The molecule has 0 radical (unpaired) electrons. The van der Waals surface area contributed by atoms with Crippen LogP contribution in [-0.2, 0) is 16.6 Å². The SMILES string of the molecule is COc1c([C@H]2CCCN2C(=O)[C@@H](C)N2CCCCC2=O)c(C)nn1C. The number of aryl methyl sites for hydroxylation is 2. The first-order valence-corrected chi connectivity index (χ1v) is 9.13. The van der Waals surface area contributed by atoms with Gasteiger partial charge in [-0.1, -0.05) is 0 Å². The number of carbonyl (C=O) groups excluding carboxylic acids is 2. The summed E-state index contributed by atoms with van der Waals surface area (Å²) in [5.74, 6) is 0.838. The van der Waals surface area contributed by atoms with E-state index in [4.69, 9.17) is 4.74 Å². The van der Waals surface area contributed by atoms with Crippen LogP contribution >= 0.6 is 0 Å². The zero-order chi connectivity index (χ0) is 18.1. The number of carbonyl (C=O) groups is 2. The molecule has 2 saturated heterocycles. The fraction of sp³-hybridized carbons (Fsp3) is 0.722. The lowest BCUT2D eigenvalue weighted by Gasteiger charge is -2.35. The van der Waals surface area contributed by atoms with Gasteiger partial charge in [0.25, 0.3) is 0 Å². The minimum atomic E-state index is -0.406. The molecule has 0 N–H and O–H groups in total. The van der Waals surface area contributed by atoms with Crippen molar-refractivity contribution in [2.75, 3.05) is 20.2 Å². The van der Waals surface area contributed by atoms with Crippen LogP contribution in [0.1, 0.15) is 56.3 Å². The van der Waals surface area contributed by atoms with Crippen LogP contribution in [0.15, 0.2) is 0 Å². The monoisotopic (exact) mass is 348 g/mol. The predicted molar refractivity (Wildman–Crippen MR) is 93.2 cm³/mol. The third kappa shape index (κ3) is 3.12. The molecule has 2 aliphatic heterocycles. The number of aromatic nitrogens is 2. The van der Waals surface area contributed by atoms with Crippen molar-refractivity contribution < 1.29 is 14.3 Å². The smallest absolute Gasteiger partial charge is 0.245 e. The Bertz CT molecular complexity index is 670. The standard InChI is InChI=1S/C18H28N4O3/c1-12-16(18(25-4)20(3)19-12)14-8-7-11-22(14)17(24)13(2)21-10-6-5-9-15(21)23/h13-14H,5-11H2,1-4H3/t13-,14-/m1/s1. The first kappa shape index (κ1) is 17.8. The maximum Gasteiger partial charge on any atom is 0.245 e. The summed E-state index contributed by atoms with van der Waals surface area (Å²) >= 11 is 0. The molecule has 0 bridgehead atoms. The van der Waals surface area contributed by atoms with E-state index in [2.05, 4.69) is 5.10 Å². The van der Waals surface area contributed by atoms with Crippen LogP contribution in [0.4, 0.5) is 0 Å². The van der Waals surface area contributed by atoms with E-state index < -0.39 is 6.04 Å². The zero-order valence-corrected chi connectivity index (χ0v) is 15.6. The summed E-state index contributed by atoms with van der Waals surface area (Å²) in [4.78, 5) is 29.0. The fourth-order valence-electron chi connectivity index (χ4n) is 4.22. The normalized spacial score (nSPS) is 22.4. The van der Waals surface area contributed by atoms with Crippen molar-refractivity contribution in [1.29, 1.82) is 0 Å². The lowest BCUT2D eigenvalue weighted by Crippen LogP contribution is -2.50. The number of amides is 2. The van der Waals surface area contributed by atoms with Gasteiger partial charge in [-0.15, -0.1) is 0 Å². The number of rotatable bonds is 4. The maximum atomic E-state index is 13.2. The van der Waals surface area contributed by atoms with E-state index in [9.17, 15) is 9.59 Å². The number of likely N-dealkylation sites (tertiary alicyclic amines) is 2. The van der Waals surface area contributed by atoms with E-state index in [1.807, 2.05) is 25.8 Å². The Morgan fingerprint density at radius 1 is 1.28 bits per heavy atom. The number of hydrogen-bond acceptors (Lipinski definition) is 4. The van der Waals surface area contributed by atoms with Crippen molar-refractivity contribution >= 4 is 11.8 Å². The highest BCUT2D eigenvalue weighted by molar-refractivity contribution is 5.88. The van der Waals surface area contributed by atoms with Crippen LogP contribution in [-0.4, -0.2) is 57.6 Å². The molecule has 7 nitrogen and oxygen atoms in total. The maximum absolute atomic E-state index is 13.2. The van der Waals surface area contributed by atoms with Gasteiger partial charge in [0.15, 0.2) is 0 Å². The average molecular weight is 348 g/mol. The minimum Gasteiger partial charge on any atom is -0.481 e. The van der Waals surface area contributed by atoms with Crippen molar-refractivity contribution in [2.24, 2.45) is 7.05 Å². The molecule has 0 saturated carbocycles. The van der Waals surface area contributed by atoms with Gasteiger partial charge in [-0.25, -0.2) is 4.68 Å². The summed E-state index contributed by atoms with van der Waals surface area (Å²) in [6, 6.07) is -0.435. The fourth-order valence-corrected chi connectivity index (χ4v) is 4.22. The van der Waals surface area contributed by atoms with Gasteiger partial charge in [0.1, 0.15) is 6.04 Å². The van der Waals surface area contributed by atoms with E-state index in [0.717, 1.165) is 36.9 Å². The average Bonchev–Trinajstić information content (AvgIpc) is 3.17. The van der Waals surface area contributed by atoms with Gasteiger partial charge in [-0.3, -0.25) is 9.59 Å². The first-order chi connectivity index (χ1) is 12.0. The Morgan fingerprint density at radius 3 is 2.72 bits per heavy atom. The Kier molecular flexibility index (Phi) is 5.01. The molecule has 2 aliphatic rings. The van der Waals surface area contributed by atoms with Gasteiger partial charge in [0, 0.05) is 26.6 Å². The van der Waals surface area contributed by atoms with E-state index in [1.165, 1.54) is 0 Å². The van der Waals surface area contributed by atoms with Crippen molar-refractivity contribution in [2.45, 2.75) is 58.0 Å². The molecule has 0 aromatic carbocycles. The predicted octanol–water partition coefficient (Wildman–Crippen LogP) is 1.80. The molecular weight excluding hydrogens is 320 g/mol. The molecule has 3 rings (SSSR count). The molecule has 138 valence electrons. The summed E-state index contributed by atoms with van der Waals surface area (Å²) in [5, 5.41) is 4.46. The van der Waals surface area contributed by atoms with Crippen LogP contribution in [0, 0.1) is 6.92 Å². The highest BCUT2D eigenvalue weighted by Gasteiger charge is 2.39. The first-order valence-electron chi connectivity index (χ1n) is 9.13. The topological polar surface area (TPSA) is 67.7 Å². The molecule has 2 amide bonds. The molecule has 0 aliphatic carbocycles. The minimum absolute atomic E-state index is 0.0292. The summed E-state index contributed by atoms with van der Waals surface area (Å²) in [6.45, 7) is 5.21. The molecule has 0 unspecified atom stereocenters. The highest BCUT2D eigenvalue weighted by Crippen LogP contribution is 2.39. The Hall–Kier alpha value is -2.05. The lowest BCUT2D eigenvalue weighted by molar-refractivity contribution is -0.147. The van der Waals surface area contributed by atoms with Crippen LogP contribution in [0.2, 0.25) is 0 Å². The zero-order valence-electron chi connectivity index (χ0n) is 15.6. The Balaban J connectivity index is 1.84. The lowest BCUT2D eigenvalue weighted by atomic mass is 10.0. The van der Waals surface area contributed by atoms with E-state index >= 15 is 0 Å². The molecule has 25 heavy (non-hydrogen) atoms. The van der Waals surface area contributed by atoms with Crippen molar-refractivity contribution in [1.82, 2.24) is 19.6 Å². The largest absolute Gasteiger partial charge is 0.481 e. The van der Waals surface area contributed by atoms with E-state index in [-0.39, 0.29) is 17.9 Å². The van der Waals surface area contributed by atoms with Gasteiger partial charge >= 0.3 is 0 Å². The van der Waals surface area contributed by atoms with Crippen molar-refractivity contribution in [3.8, 4) is 5.88 Å². The summed E-state index contributed by atoms with van der Waals surface area (Å²) < 4.78 is 7.25. The Morgan fingerprint density at radius 2 is 2.04 bits per heavy atom. The number of ether oxygens (including phenoxy) is 1. The molecule has 2 fully saturated rings. The Labute approximate surface area is 148 Å². The number of nitrogens with zero attached hydrogens (tertiary/aromatic N) is 4. The second kappa shape index (κ2) is 7.06. The van der Waals surface area contributed by atoms with Gasteiger partial charge in [0.05, 0.1) is 24.4 Å². The molecule has 3 heterocycles. The van der Waals surface area contributed by atoms with Crippen molar-refractivity contribution in [3.05, 3.63) is 11.3 Å². The number of methoxy groups -OCH3 is 1. The molecule has 1 aromatic rings. The molecule has 0 spiro atoms. The van der Waals surface area contributed by atoms with E-state index in [0.29, 0.717) is 25.4 Å². The van der Waals surface area contributed by atoms with Gasteiger partial charge < -0.3 is 14.5 Å². The second-order valence-electron chi connectivity index (χ2n) is 7.04. The van der Waals surface area contributed by atoms with Gasteiger partial charge in [-0.05, 0) is 39.5 Å². The summed E-state index contributed by atoms with van der Waals surface area (Å²) in [6.07, 6.45) is 4.30. The number of hydrogen-bond donors (Lipinski definition) is 0. The van der Waals surface area contributed by atoms with Crippen molar-refractivity contribution in [3.63, 3.8) is 0 Å². The van der Waals surface area contributed by atoms with Crippen LogP contribution in [0.3, 0.4) is 0 Å². The van der Waals surface area contributed by atoms with Crippen LogP contribution in [0.25, 0.3) is 0 Å². The van der Waals surface area contributed by atoms with Crippen LogP contribution < -0.4 is 4.74 Å².